The zero-order chi connectivity index (χ0) is 11.5. The van der Waals surface area contributed by atoms with Crippen LogP contribution in [0.2, 0.25) is 0 Å². The van der Waals surface area contributed by atoms with E-state index in [9.17, 15) is 4.79 Å². The van der Waals surface area contributed by atoms with Gasteiger partial charge in [0.25, 0.3) is 5.91 Å². The molecule has 0 saturated carbocycles. The fourth-order valence-corrected chi connectivity index (χ4v) is 2.19. The molecule has 0 aliphatic heterocycles. The first-order valence-electron chi connectivity index (χ1n) is 4.78. The highest BCUT2D eigenvalue weighted by Crippen LogP contribution is 2.16. The third-order valence-electron chi connectivity index (χ3n) is 2.07. The van der Waals surface area contributed by atoms with E-state index in [0.29, 0.717) is 6.54 Å². The molecule has 5 nitrogen and oxygen atoms in total. The first kappa shape index (κ1) is 10.8. The molecular weight excluding hydrogens is 226 g/mol. The third-order valence-corrected chi connectivity index (χ3v) is 3.14. The molecule has 0 atom stereocenters. The Morgan fingerprint density at radius 1 is 1.56 bits per heavy atom. The smallest absolute Gasteiger partial charge is 0.290 e. The standard InChI is InChI=1S/C10H11N3O2S/c1-6-9(16-7(2)13-6)5-11-10(14)8-3-4-12-15-8/h3-4H,5H2,1-2H3,(H,11,14). The SMILES string of the molecule is Cc1nc(C)c(CNC(=O)c2ccno2)s1. The number of aryl methyl sites for hydroxylation is 2. The molecule has 2 heterocycles. The van der Waals surface area contributed by atoms with E-state index in [1.54, 1.807) is 11.3 Å². The number of aromatic nitrogens is 2. The van der Waals surface area contributed by atoms with Crippen LogP contribution in [0, 0.1) is 13.8 Å². The molecule has 0 saturated heterocycles. The summed E-state index contributed by atoms with van der Waals surface area (Å²) in [4.78, 5) is 16.9. The minimum absolute atomic E-state index is 0.221. The number of nitrogens with zero attached hydrogens (tertiary/aromatic N) is 2. The van der Waals surface area contributed by atoms with Crippen molar-refractivity contribution in [3.05, 3.63) is 33.6 Å². The van der Waals surface area contributed by atoms with Crippen LogP contribution >= 0.6 is 11.3 Å². The van der Waals surface area contributed by atoms with Crippen LogP contribution in [-0.2, 0) is 6.54 Å². The Kier molecular flexibility index (Phi) is 3.00. The van der Waals surface area contributed by atoms with E-state index in [4.69, 9.17) is 4.52 Å². The molecule has 0 unspecified atom stereocenters. The Hall–Kier alpha value is -1.69. The number of carbonyl (C=O) groups excluding carboxylic acids is 1. The van der Waals surface area contributed by atoms with Gasteiger partial charge in [0.2, 0.25) is 5.76 Å². The van der Waals surface area contributed by atoms with Gasteiger partial charge in [0.1, 0.15) is 0 Å². The highest BCUT2D eigenvalue weighted by Gasteiger charge is 2.11. The minimum Gasteiger partial charge on any atom is -0.351 e. The Balaban J connectivity index is 1.98. The molecule has 0 aliphatic carbocycles. The van der Waals surface area contributed by atoms with Gasteiger partial charge in [0, 0.05) is 10.9 Å². The summed E-state index contributed by atoms with van der Waals surface area (Å²) in [5, 5.41) is 7.23. The normalized spacial score (nSPS) is 10.4. The lowest BCUT2D eigenvalue weighted by Gasteiger charge is -2.00. The number of amides is 1. The van der Waals surface area contributed by atoms with Gasteiger partial charge in [-0.1, -0.05) is 5.16 Å². The fourth-order valence-electron chi connectivity index (χ4n) is 1.32. The summed E-state index contributed by atoms with van der Waals surface area (Å²) >= 11 is 1.58. The van der Waals surface area contributed by atoms with Crippen LogP contribution in [0.3, 0.4) is 0 Å². The molecule has 0 bridgehead atoms. The predicted octanol–water partition coefficient (Wildman–Crippen LogP) is 1.68. The Bertz CT molecular complexity index is 490. The maximum absolute atomic E-state index is 11.5. The zero-order valence-corrected chi connectivity index (χ0v) is 9.80. The lowest BCUT2D eigenvalue weighted by atomic mass is 10.3. The lowest BCUT2D eigenvalue weighted by molar-refractivity contribution is 0.0914. The van der Waals surface area contributed by atoms with Gasteiger partial charge in [-0.3, -0.25) is 4.79 Å². The second kappa shape index (κ2) is 4.44. The van der Waals surface area contributed by atoms with Crippen molar-refractivity contribution in [2.75, 3.05) is 0 Å². The van der Waals surface area contributed by atoms with Crippen LogP contribution in [-0.4, -0.2) is 16.0 Å². The van der Waals surface area contributed by atoms with Gasteiger partial charge in [0.15, 0.2) is 0 Å². The minimum atomic E-state index is -0.261. The second-order valence-corrected chi connectivity index (χ2v) is 4.59. The highest BCUT2D eigenvalue weighted by atomic mass is 32.1. The highest BCUT2D eigenvalue weighted by molar-refractivity contribution is 7.11. The Morgan fingerprint density at radius 2 is 2.38 bits per heavy atom. The van der Waals surface area contributed by atoms with Crippen molar-refractivity contribution in [3.63, 3.8) is 0 Å². The number of carbonyl (C=O) groups is 1. The molecule has 2 aromatic rings. The van der Waals surface area contributed by atoms with Crippen molar-refractivity contribution in [1.29, 1.82) is 0 Å². The van der Waals surface area contributed by atoms with Gasteiger partial charge < -0.3 is 9.84 Å². The van der Waals surface area contributed by atoms with Crippen LogP contribution in [0.1, 0.15) is 26.1 Å². The number of nitrogens with one attached hydrogen (secondary N) is 1. The predicted molar refractivity (Wildman–Crippen MR) is 59.3 cm³/mol. The number of hydrogen-bond donors (Lipinski definition) is 1. The average Bonchev–Trinajstić information content (AvgIpc) is 2.84. The van der Waals surface area contributed by atoms with Crippen molar-refractivity contribution in [2.45, 2.75) is 20.4 Å². The quantitative estimate of drug-likeness (QED) is 0.881. The molecule has 1 amide bonds. The number of thiazole rings is 1. The van der Waals surface area contributed by atoms with Gasteiger partial charge >= 0.3 is 0 Å². The summed E-state index contributed by atoms with van der Waals surface area (Å²) in [5.74, 6) is -0.0400. The first-order valence-corrected chi connectivity index (χ1v) is 5.60. The molecule has 0 aliphatic rings. The summed E-state index contributed by atoms with van der Waals surface area (Å²) in [6.45, 7) is 4.34. The van der Waals surface area contributed by atoms with E-state index < -0.39 is 0 Å². The number of hydrogen-bond acceptors (Lipinski definition) is 5. The Labute approximate surface area is 96.5 Å². The molecule has 0 spiro atoms. The Morgan fingerprint density at radius 3 is 2.94 bits per heavy atom. The molecule has 84 valence electrons. The van der Waals surface area contributed by atoms with Crippen molar-refractivity contribution in [2.24, 2.45) is 0 Å². The van der Waals surface area contributed by atoms with Gasteiger partial charge in [-0.05, 0) is 13.8 Å². The van der Waals surface area contributed by atoms with E-state index in [-0.39, 0.29) is 11.7 Å². The molecule has 2 rings (SSSR count). The van der Waals surface area contributed by atoms with Gasteiger partial charge in [-0.25, -0.2) is 4.98 Å². The molecule has 1 N–H and O–H groups in total. The first-order chi connectivity index (χ1) is 7.66. The second-order valence-electron chi connectivity index (χ2n) is 3.30. The van der Waals surface area contributed by atoms with Crippen LogP contribution in [0.25, 0.3) is 0 Å². The summed E-state index contributed by atoms with van der Waals surface area (Å²) in [7, 11) is 0. The fraction of sp³-hybridized carbons (Fsp3) is 0.300. The van der Waals surface area contributed by atoms with Crippen LogP contribution < -0.4 is 5.32 Å². The van der Waals surface area contributed by atoms with E-state index in [1.807, 2.05) is 13.8 Å². The van der Waals surface area contributed by atoms with E-state index >= 15 is 0 Å². The largest absolute Gasteiger partial charge is 0.351 e. The summed E-state index contributed by atoms with van der Waals surface area (Å²) in [6.07, 6.45) is 1.44. The molecule has 2 aromatic heterocycles. The molecule has 0 aromatic carbocycles. The summed E-state index contributed by atoms with van der Waals surface area (Å²) in [5.41, 5.74) is 0.959. The van der Waals surface area contributed by atoms with Gasteiger partial charge in [0.05, 0.1) is 23.4 Å². The molecule has 0 fully saturated rings. The lowest BCUT2D eigenvalue weighted by Crippen LogP contribution is -2.22. The van der Waals surface area contributed by atoms with Crippen molar-refractivity contribution in [3.8, 4) is 0 Å². The number of rotatable bonds is 3. The summed E-state index contributed by atoms with van der Waals surface area (Å²) in [6, 6.07) is 1.53. The van der Waals surface area contributed by atoms with E-state index in [0.717, 1.165) is 15.6 Å². The monoisotopic (exact) mass is 237 g/mol. The average molecular weight is 237 g/mol. The van der Waals surface area contributed by atoms with E-state index in [1.165, 1.54) is 12.3 Å². The topological polar surface area (TPSA) is 68.0 Å². The van der Waals surface area contributed by atoms with Crippen LogP contribution in [0.4, 0.5) is 0 Å². The van der Waals surface area contributed by atoms with Crippen molar-refractivity contribution < 1.29 is 9.32 Å². The van der Waals surface area contributed by atoms with E-state index in [2.05, 4.69) is 15.5 Å². The van der Waals surface area contributed by atoms with Crippen LogP contribution in [0.5, 0.6) is 0 Å². The summed E-state index contributed by atoms with van der Waals surface area (Å²) < 4.78 is 4.74. The maximum atomic E-state index is 11.5. The maximum Gasteiger partial charge on any atom is 0.290 e. The molecular formula is C10H11N3O2S. The molecule has 16 heavy (non-hydrogen) atoms. The third kappa shape index (κ3) is 2.27. The van der Waals surface area contributed by atoms with Gasteiger partial charge in [-0.15, -0.1) is 11.3 Å². The molecule has 6 heteroatoms. The van der Waals surface area contributed by atoms with Crippen molar-refractivity contribution >= 4 is 17.2 Å². The van der Waals surface area contributed by atoms with Gasteiger partial charge in [-0.2, -0.15) is 0 Å². The zero-order valence-electron chi connectivity index (χ0n) is 8.98. The van der Waals surface area contributed by atoms with Crippen LogP contribution in [0.15, 0.2) is 16.8 Å². The molecule has 0 radical (unpaired) electrons. The van der Waals surface area contributed by atoms with Crippen molar-refractivity contribution in [1.82, 2.24) is 15.5 Å².